The molecule has 0 saturated carbocycles. The van der Waals surface area contributed by atoms with Crippen LogP contribution in [0.2, 0.25) is 0 Å². The van der Waals surface area contributed by atoms with Gasteiger partial charge in [0.15, 0.2) is 0 Å². The summed E-state index contributed by atoms with van der Waals surface area (Å²) < 4.78 is 1.59. The van der Waals surface area contributed by atoms with E-state index in [1.165, 1.54) is 24.7 Å². The fourth-order valence-electron chi connectivity index (χ4n) is 4.43. The lowest BCUT2D eigenvalue weighted by Gasteiger charge is -2.36. The van der Waals surface area contributed by atoms with Gasteiger partial charge in [-0.15, -0.1) is 0 Å². The van der Waals surface area contributed by atoms with E-state index in [9.17, 15) is 4.79 Å². The van der Waals surface area contributed by atoms with Crippen molar-refractivity contribution in [2.45, 2.75) is 19.4 Å². The summed E-state index contributed by atoms with van der Waals surface area (Å²) in [6, 6.07) is 6.55. The number of fused-ring (bicyclic) bond motifs is 1. The van der Waals surface area contributed by atoms with Crippen LogP contribution in [0.5, 0.6) is 0 Å². The van der Waals surface area contributed by atoms with E-state index in [0.717, 1.165) is 68.2 Å². The molecule has 2 saturated heterocycles. The number of anilines is 2. The Bertz CT molecular complexity index is 1100. The Morgan fingerprint density at radius 1 is 0.933 bits per heavy atom. The summed E-state index contributed by atoms with van der Waals surface area (Å²) in [6.07, 6.45) is 7.38. The number of benzene rings is 1. The highest BCUT2D eigenvalue weighted by atomic mass is 16.1. The monoisotopic (exact) mass is 405 g/mol. The molecule has 8 nitrogen and oxygen atoms in total. The number of nitrogens with zero attached hydrogens (tertiary/aromatic N) is 7. The standard InChI is InChI=1S/C22H27N7O/c1-26-14-17(23-13-21(26)30)15-27-8-10-28(11-9-27)18-4-5-20-19(12-18)22(25-16-24-20)29-6-2-3-7-29/h4-5,12-14,16H,2-3,6-11,15H2,1H3. The quantitative estimate of drug-likeness (QED) is 0.654. The Hall–Kier alpha value is -3.00. The lowest BCUT2D eigenvalue weighted by Crippen LogP contribution is -2.46. The molecule has 2 aliphatic rings. The number of rotatable bonds is 4. The van der Waals surface area contributed by atoms with Crippen molar-refractivity contribution in [2.75, 3.05) is 49.1 Å². The Morgan fingerprint density at radius 2 is 1.73 bits per heavy atom. The maximum atomic E-state index is 11.5. The van der Waals surface area contributed by atoms with Crippen LogP contribution in [0.4, 0.5) is 11.5 Å². The molecule has 0 amide bonds. The van der Waals surface area contributed by atoms with Gasteiger partial charge in [0, 0.05) is 70.1 Å². The van der Waals surface area contributed by atoms with Crippen LogP contribution in [0.25, 0.3) is 10.9 Å². The van der Waals surface area contributed by atoms with E-state index >= 15 is 0 Å². The molecule has 0 radical (unpaired) electrons. The summed E-state index contributed by atoms with van der Waals surface area (Å²) in [5.41, 5.74) is 3.11. The molecule has 0 unspecified atom stereocenters. The molecule has 0 spiro atoms. The fourth-order valence-corrected chi connectivity index (χ4v) is 4.43. The van der Waals surface area contributed by atoms with E-state index in [1.807, 2.05) is 6.20 Å². The molecule has 8 heteroatoms. The van der Waals surface area contributed by atoms with E-state index in [1.54, 1.807) is 17.9 Å². The minimum atomic E-state index is -0.0721. The molecule has 3 aromatic rings. The van der Waals surface area contributed by atoms with Crippen molar-refractivity contribution in [1.29, 1.82) is 0 Å². The SMILES string of the molecule is Cn1cc(CN2CCN(c3ccc4ncnc(N5CCCC5)c4c3)CC2)ncc1=O. The Labute approximate surface area is 175 Å². The molecule has 4 heterocycles. The van der Waals surface area contributed by atoms with E-state index < -0.39 is 0 Å². The second-order valence-corrected chi connectivity index (χ2v) is 8.18. The molecular weight excluding hydrogens is 378 g/mol. The smallest absolute Gasteiger partial charge is 0.268 e. The maximum absolute atomic E-state index is 11.5. The number of aromatic nitrogens is 4. The van der Waals surface area contributed by atoms with Crippen LogP contribution in [0.15, 0.2) is 41.7 Å². The second-order valence-electron chi connectivity index (χ2n) is 8.18. The first-order valence-corrected chi connectivity index (χ1v) is 10.7. The number of piperazine rings is 1. The van der Waals surface area contributed by atoms with Gasteiger partial charge in [-0.2, -0.15) is 0 Å². The average molecular weight is 406 g/mol. The predicted molar refractivity (Wildman–Crippen MR) is 118 cm³/mol. The van der Waals surface area contributed by atoms with Gasteiger partial charge < -0.3 is 14.4 Å². The molecule has 2 aliphatic heterocycles. The largest absolute Gasteiger partial charge is 0.369 e. The van der Waals surface area contributed by atoms with Crippen LogP contribution in [-0.2, 0) is 13.6 Å². The molecule has 2 aromatic heterocycles. The van der Waals surface area contributed by atoms with Gasteiger partial charge in [-0.25, -0.2) is 9.97 Å². The second kappa shape index (κ2) is 8.02. The summed E-state index contributed by atoms with van der Waals surface area (Å²) in [5.74, 6) is 1.07. The summed E-state index contributed by atoms with van der Waals surface area (Å²) >= 11 is 0. The van der Waals surface area contributed by atoms with Crippen molar-refractivity contribution in [3.05, 3.63) is 53.0 Å². The topological polar surface area (TPSA) is 70.4 Å². The zero-order chi connectivity index (χ0) is 20.5. The van der Waals surface area contributed by atoms with Gasteiger partial charge in [-0.05, 0) is 31.0 Å². The van der Waals surface area contributed by atoms with Gasteiger partial charge in [0.2, 0.25) is 0 Å². The van der Waals surface area contributed by atoms with E-state index in [0.29, 0.717) is 0 Å². The summed E-state index contributed by atoms with van der Waals surface area (Å²) in [6.45, 7) is 6.78. The van der Waals surface area contributed by atoms with Gasteiger partial charge in [0.1, 0.15) is 12.1 Å². The van der Waals surface area contributed by atoms with Crippen LogP contribution in [0, 0.1) is 0 Å². The van der Waals surface area contributed by atoms with Crippen molar-refractivity contribution < 1.29 is 0 Å². The van der Waals surface area contributed by atoms with Gasteiger partial charge in [0.25, 0.3) is 5.56 Å². The van der Waals surface area contributed by atoms with E-state index in [-0.39, 0.29) is 5.56 Å². The number of aryl methyl sites for hydroxylation is 1. The highest BCUT2D eigenvalue weighted by Crippen LogP contribution is 2.30. The third-order valence-electron chi connectivity index (χ3n) is 6.16. The molecule has 1 aromatic carbocycles. The molecule has 0 N–H and O–H groups in total. The van der Waals surface area contributed by atoms with Gasteiger partial charge >= 0.3 is 0 Å². The zero-order valence-corrected chi connectivity index (χ0v) is 17.4. The minimum Gasteiger partial charge on any atom is -0.369 e. The van der Waals surface area contributed by atoms with E-state index in [2.05, 4.69) is 47.9 Å². The highest BCUT2D eigenvalue weighted by molar-refractivity contribution is 5.92. The molecule has 30 heavy (non-hydrogen) atoms. The molecule has 0 bridgehead atoms. The average Bonchev–Trinajstić information content (AvgIpc) is 3.31. The summed E-state index contributed by atoms with van der Waals surface area (Å²) in [4.78, 5) is 32.1. The Balaban J connectivity index is 1.30. The predicted octanol–water partition coefficient (Wildman–Crippen LogP) is 1.65. The van der Waals surface area contributed by atoms with Crippen molar-refractivity contribution in [3.8, 4) is 0 Å². The highest BCUT2D eigenvalue weighted by Gasteiger charge is 2.20. The number of hydrogen-bond donors (Lipinski definition) is 0. The number of hydrogen-bond acceptors (Lipinski definition) is 7. The summed E-state index contributed by atoms with van der Waals surface area (Å²) in [7, 11) is 1.77. The zero-order valence-electron chi connectivity index (χ0n) is 17.4. The van der Waals surface area contributed by atoms with Crippen LogP contribution >= 0.6 is 0 Å². The minimum absolute atomic E-state index is 0.0721. The lowest BCUT2D eigenvalue weighted by molar-refractivity contribution is 0.246. The Morgan fingerprint density at radius 3 is 2.50 bits per heavy atom. The first-order chi connectivity index (χ1) is 14.7. The fraction of sp³-hybridized carbons (Fsp3) is 0.455. The van der Waals surface area contributed by atoms with Crippen LogP contribution < -0.4 is 15.4 Å². The molecular formula is C22H27N7O. The van der Waals surface area contributed by atoms with Crippen molar-refractivity contribution in [2.24, 2.45) is 7.05 Å². The first-order valence-electron chi connectivity index (χ1n) is 10.7. The molecule has 0 atom stereocenters. The van der Waals surface area contributed by atoms with Crippen LogP contribution in [0.3, 0.4) is 0 Å². The lowest BCUT2D eigenvalue weighted by atomic mass is 10.1. The van der Waals surface area contributed by atoms with Gasteiger partial charge in [0.05, 0.1) is 17.4 Å². The Kier molecular flexibility index (Phi) is 5.08. The van der Waals surface area contributed by atoms with Crippen molar-refractivity contribution in [3.63, 3.8) is 0 Å². The first kappa shape index (κ1) is 19.0. The van der Waals surface area contributed by atoms with Crippen molar-refractivity contribution >= 4 is 22.4 Å². The van der Waals surface area contributed by atoms with Crippen LogP contribution in [-0.4, -0.2) is 63.7 Å². The summed E-state index contributed by atoms with van der Waals surface area (Å²) in [5, 5.41) is 1.15. The maximum Gasteiger partial charge on any atom is 0.268 e. The molecule has 156 valence electrons. The van der Waals surface area contributed by atoms with Gasteiger partial charge in [-0.3, -0.25) is 14.7 Å². The third-order valence-corrected chi connectivity index (χ3v) is 6.16. The van der Waals surface area contributed by atoms with E-state index in [4.69, 9.17) is 0 Å². The molecule has 0 aliphatic carbocycles. The van der Waals surface area contributed by atoms with Gasteiger partial charge in [-0.1, -0.05) is 0 Å². The normalized spacial score (nSPS) is 17.8. The molecule has 5 rings (SSSR count). The third kappa shape index (κ3) is 3.75. The van der Waals surface area contributed by atoms with Crippen LogP contribution in [0.1, 0.15) is 18.5 Å². The van der Waals surface area contributed by atoms with Crippen molar-refractivity contribution in [1.82, 2.24) is 24.4 Å². The molecule has 2 fully saturated rings.